The van der Waals surface area contributed by atoms with Crippen LogP contribution in [0, 0.1) is 0 Å². The van der Waals surface area contributed by atoms with E-state index in [0.717, 1.165) is 162 Å². The van der Waals surface area contributed by atoms with E-state index < -0.39 is 0 Å². The molecule has 0 amide bonds. The molecule has 0 aliphatic heterocycles. The second-order valence-corrected chi connectivity index (χ2v) is 39.5. The van der Waals surface area contributed by atoms with Crippen LogP contribution in [0.25, 0.3) is 264 Å². The van der Waals surface area contributed by atoms with E-state index in [4.69, 9.17) is 9.40 Å². The third-order valence-electron chi connectivity index (χ3n) is 31.3. The minimum atomic E-state index is -0.154. The van der Waals surface area contributed by atoms with Gasteiger partial charge in [0.1, 0.15) is 11.2 Å². The van der Waals surface area contributed by atoms with Crippen LogP contribution in [0.2, 0.25) is 0 Å². The number of para-hydroxylation sites is 4. The maximum Gasteiger partial charge on any atom is 0.135 e. The number of nitrogens with zero attached hydrogens (tertiary/aromatic N) is 6. The highest BCUT2D eigenvalue weighted by Gasteiger charge is 2.37. The predicted molar refractivity (Wildman–Crippen MR) is 609 cm³/mol. The van der Waals surface area contributed by atoms with Crippen molar-refractivity contribution in [2.24, 2.45) is 0 Å². The molecule has 7 nitrogen and oxygen atoms in total. The molecule has 0 spiro atoms. The van der Waals surface area contributed by atoms with Gasteiger partial charge in [0, 0.05) is 128 Å². The molecule has 0 atom stereocenters. The zero-order valence-corrected chi connectivity index (χ0v) is 79.4. The summed E-state index contributed by atoms with van der Waals surface area (Å²) >= 11 is 0. The number of pyridine rings is 1. The van der Waals surface area contributed by atoms with E-state index in [2.05, 4.69) is 516 Å². The van der Waals surface area contributed by atoms with Gasteiger partial charge in [-0.2, -0.15) is 0 Å². The van der Waals surface area contributed by atoms with Crippen LogP contribution in [0.4, 0.5) is 17.1 Å². The van der Waals surface area contributed by atoms with E-state index in [-0.39, 0.29) is 5.41 Å². The summed E-state index contributed by atoms with van der Waals surface area (Å²) in [5, 5.41) is 21.3. The molecule has 30 rings (SSSR count). The Balaban J connectivity index is 0.541. The Morgan fingerprint density at radius 3 is 1.38 bits per heavy atom. The highest BCUT2D eigenvalue weighted by atomic mass is 16.3. The van der Waals surface area contributed by atoms with Crippen molar-refractivity contribution in [2.75, 3.05) is 4.90 Å². The molecule has 0 bridgehead atoms. The Labute approximate surface area is 835 Å². The van der Waals surface area contributed by atoms with Gasteiger partial charge in [-0.15, -0.1) is 0 Å². The average Bonchev–Trinajstić information content (AvgIpc) is 1.50. The molecule has 0 saturated heterocycles. The van der Waals surface area contributed by atoms with Crippen LogP contribution in [-0.4, -0.2) is 23.3 Å². The first-order chi connectivity index (χ1) is 71.7. The van der Waals surface area contributed by atoms with Gasteiger partial charge in [0.25, 0.3) is 0 Å². The maximum atomic E-state index is 6.48. The summed E-state index contributed by atoms with van der Waals surface area (Å²) in [4.78, 5) is 7.23. The van der Waals surface area contributed by atoms with Crippen LogP contribution in [0.5, 0.6) is 0 Å². The number of hydrogen-bond donors (Lipinski definition) is 0. The van der Waals surface area contributed by atoms with Crippen LogP contribution in [0.3, 0.4) is 0 Å². The summed E-state index contributed by atoms with van der Waals surface area (Å²) in [6.45, 7) is 4.73. The number of furan rings is 1. The van der Waals surface area contributed by atoms with Crippen LogP contribution < -0.4 is 4.90 Å². The molecule has 6 heterocycles. The minimum absolute atomic E-state index is 0.154. The van der Waals surface area contributed by atoms with Crippen molar-refractivity contribution in [3.63, 3.8) is 0 Å². The lowest BCUT2D eigenvalue weighted by Gasteiger charge is -2.28. The summed E-state index contributed by atoms with van der Waals surface area (Å²) < 4.78 is 16.5. The molecule has 0 fully saturated rings. The summed E-state index contributed by atoms with van der Waals surface area (Å²) in [6, 6.07) is 183. The van der Waals surface area contributed by atoms with Gasteiger partial charge in [-0.3, -0.25) is 4.98 Å². The fourth-order valence-electron chi connectivity index (χ4n) is 24.7. The number of fused-ring (bicyclic) bond motifs is 23. The maximum absolute atomic E-state index is 6.48. The molecule has 23 aromatic carbocycles. The Hall–Kier alpha value is -19.0. The van der Waals surface area contributed by atoms with Crippen molar-refractivity contribution in [1.29, 1.82) is 0 Å². The second kappa shape index (κ2) is 32.0. The lowest BCUT2D eigenvalue weighted by molar-refractivity contribution is 0.660. The van der Waals surface area contributed by atoms with Gasteiger partial charge >= 0.3 is 0 Å². The molecule has 0 N–H and O–H groups in total. The second-order valence-electron chi connectivity index (χ2n) is 39.5. The molecular formula is C138H88N6O. The Morgan fingerprint density at radius 2 is 0.669 bits per heavy atom. The Kier molecular flexibility index (Phi) is 18.1. The highest BCUT2D eigenvalue weighted by Crippen LogP contribution is 2.55. The SMILES string of the molecule is CC1(C)c2ccccc2-c2ccc(N(c3ccccc3)c3ccc(-n4c5ccc6ccc(-c7ccc(-c8ccc(-c9c%10ccccc%10cc%10c%11c(-c%12ccc%13c(c%12)c%12ccc(-n%14c%15ccccc%15c%15cc%16ccccc%16c(-c%16ccc%17oc%18ccccc%18c%17c%16)c%15%14)cc%12n%13-c%12ccccc%12)cccc%11n(-c%11ccc(-c%12ccccn%12)cc%11)c9%10)cc8)cc7)cc6c5c5cc6ccccc6c(-c6ccccc6)c54)cc3)cc21. The Morgan fingerprint density at radius 1 is 0.214 bits per heavy atom. The molecule has 29 aromatic rings. The fourth-order valence-corrected chi connectivity index (χ4v) is 24.7. The van der Waals surface area contributed by atoms with Crippen LogP contribution in [0.15, 0.2) is 502 Å². The number of anilines is 3. The van der Waals surface area contributed by atoms with Gasteiger partial charge in [0.15, 0.2) is 0 Å². The summed E-state index contributed by atoms with van der Waals surface area (Å²) in [7, 11) is 0. The van der Waals surface area contributed by atoms with Gasteiger partial charge in [-0.1, -0.05) is 335 Å². The smallest absolute Gasteiger partial charge is 0.135 e. The normalized spacial score (nSPS) is 12.5. The highest BCUT2D eigenvalue weighted by molar-refractivity contribution is 6.30. The van der Waals surface area contributed by atoms with E-state index in [0.29, 0.717) is 0 Å². The van der Waals surface area contributed by atoms with E-state index >= 15 is 0 Å². The number of hydrogen-bond acceptors (Lipinski definition) is 3. The Bertz CT molecular complexity index is 10400. The van der Waals surface area contributed by atoms with Crippen LogP contribution in [0.1, 0.15) is 25.0 Å². The predicted octanol–water partition coefficient (Wildman–Crippen LogP) is 37.4. The van der Waals surface area contributed by atoms with Gasteiger partial charge in [0.05, 0.1) is 49.8 Å². The van der Waals surface area contributed by atoms with Crippen molar-refractivity contribution in [3.05, 3.63) is 509 Å². The molecule has 0 saturated carbocycles. The first-order valence-electron chi connectivity index (χ1n) is 50.1. The van der Waals surface area contributed by atoms with E-state index in [9.17, 15) is 0 Å². The number of benzene rings is 23. The molecule has 145 heavy (non-hydrogen) atoms. The van der Waals surface area contributed by atoms with Crippen molar-refractivity contribution in [1.82, 2.24) is 23.3 Å². The minimum Gasteiger partial charge on any atom is -0.456 e. The van der Waals surface area contributed by atoms with E-state index in [1.165, 1.54) is 131 Å². The third-order valence-corrected chi connectivity index (χ3v) is 31.3. The van der Waals surface area contributed by atoms with Crippen molar-refractivity contribution in [2.45, 2.75) is 19.3 Å². The monoisotopic (exact) mass is 1840 g/mol. The van der Waals surface area contributed by atoms with Gasteiger partial charge < -0.3 is 27.6 Å². The molecule has 1 aliphatic carbocycles. The van der Waals surface area contributed by atoms with Gasteiger partial charge in [0.2, 0.25) is 0 Å². The molecule has 676 valence electrons. The van der Waals surface area contributed by atoms with Gasteiger partial charge in [-0.25, -0.2) is 0 Å². The first-order valence-corrected chi connectivity index (χ1v) is 50.1. The topological polar surface area (TPSA) is 49.0 Å². The third kappa shape index (κ3) is 12.6. The van der Waals surface area contributed by atoms with Crippen molar-refractivity contribution in [3.8, 4) is 112 Å². The lowest BCUT2D eigenvalue weighted by Crippen LogP contribution is -2.16. The van der Waals surface area contributed by atoms with E-state index in [1.54, 1.807) is 0 Å². The first kappa shape index (κ1) is 82.0. The van der Waals surface area contributed by atoms with Crippen LogP contribution >= 0.6 is 0 Å². The van der Waals surface area contributed by atoms with Gasteiger partial charge in [-0.05, 0) is 285 Å². The van der Waals surface area contributed by atoms with Crippen molar-refractivity contribution >= 4 is 169 Å². The standard InChI is InChI=1S/C138H88N6O/c1-138(2)120-43-21-18-39-109(120)110-71-69-103(83-121(110)138)140(98-32-8-4-9-33-98)100-65-67-102(68-66-100)143-126-74-60-88-54-57-92(77-114(88)134(126)119-81-95-31-13-15-36-105(95)130(137(119)143)90-27-6-3-7-28-90)87-50-48-85(49-51-87)86-52-55-91(56-53-86)131-106-37-16-14-30-94(106)80-118-133-108(42-26-46-125(133)142(136(118)131)101-63-58-89(59-64-101)122-44-24-25-76-139-122)96-61-73-124-115(78-96)112-72-70-104(84-127(112)141(124)99-34-10-5-11-35-99)144-123-45-22-19-40-111(123)117-79-93-29-12-17-38-107(93)132(135(117)144)97-62-75-129-116(82-97)113-41-20-23-47-128(113)145-129/h3-84H,1-2H3. The molecule has 0 unspecified atom stereocenters. The molecule has 7 heteroatoms. The molecule has 6 aromatic heterocycles. The van der Waals surface area contributed by atoms with Crippen LogP contribution in [-0.2, 0) is 5.41 Å². The van der Waals surface area contributed by atoms with E-state index in [1.807, 2.05) is 18.3 Å². The average molecular weight is 1850 g/mol. The lowest BCUT2D eigenvalue weighted by atomic mass is 9.82. The molecule has 1 aliphatic rings. The summed E-state index contributed by atoms with van der Waals surface area (Å²) in [6.07, 6.45) is 1.87. The zero-order valence-electron chi connectivity index (χ0n) is 79.4. The fraction of sp³-hybridized carbons (Fsp3) is 0.0217. The quantitative estimate of drug-likeness (QED) is 0.109. The number of aromatic nitrogens is 5. The molecular weight excluding hydrogens is 1760 g/mol. The summed E-state index contributed by atoms with van der Waals surface area (Å²) in [5.74, 6) is 0. The summed E-state index contributed by atoms with van der Waals surface area (Å²) in [5.41, 5.74) is 39.5. The van der Waals surface area contributed by atoms with Crippen molar-refractivity contribution < 1.29 is 4.42 Å². The largest absolute Gasteiger partial charge is 0.456 e. The number of rotatable bonds is 14. The molecule has 0 radical (unpaired) electrons. The zero-order chi connectivity index (χ0) is 95.4.